The lowest BCUT2D eigenvalue weighted by Gasteiger charge is -2.11. The first-order valence-electron chi connectivity index (χ1n) is 6.19. The van der Waals surface area contributed by atoms with Crippen molar-refractivity contribution in [1.82, 2.24) is 9.55 Å². The second kappa shape index (κ2) is 5.02. The first-order valence-corrected chi connectivity index (χ1v) is 6.19. The molecule has 2 aromatic rings. The summed E-state index contributed by atoms with van der Waals surface area (Å²) in [7, 11) is 0. The summed E-state index contributed by atoms with van der Waals surface area (Å²) in [4.78, 5) is 15.9. The van der Waals surface area contributed by atoms with Gasteiger partial charge in [-0.2, -0.15) is 5.26 Å². The summed E-state index contributed by atoms with van der Waals surface area (Å²) in [6, 6.07) is 9.19. The molecule has 0 amide bonds. The van der Waals surface area contributed by atoms with Gasteiger partial charge in [0.15, 0.2) is 0 Å². The van der Waals surface area contributed by atoms with Crippen LogP contribution in [0.4, 0.5) is 0 Å². The molecule has 0 unspecified atom stereocenters. The Bertz CT molecular complexity index is 707. The summed E-state index contributed by atoms with van der Waals surface area (Å²) in [6.45, 7) is 0.405. The third kappa shape index (κ3) is 2.08. The predicted molar refractivity (Wildman–Crippen MR) is 71.3 cm³/mol. The van der Waals surface area contributed by atoms with Gasteiger partial charge in [0, 0.05) is 18.8 Å². The maximum Gasteiger partial charge on any atom is 0.336 e. The number of carbonyl (C=O) groups excluding carboxylic acids is 1. The molecule has 98 valence electrons. The molecule has 0 spiro atoms. The van der Waals surface area contributed by atoms with E-state index in [4.69, 9.17) is 10.00 Å². The lowest BCUT2D eigenvalue weighted by Crippen LogP contribution is -2.05. The second-order valence-electron chi connectivity index (χ2n) is 4.37. The van der Waals surface area contributed by atoms with E-state index in [1.807, 2.05) is 12.1 Å². The Morgan fingerprint density at radius 2 is 2.15 bits per heavy atom. The van der Waals surface area contributed by atoms with Gasteiger partial charge in [-0.25, -0.2) is 9.78 Å². The number of carbonyl (C=O) groups is 1. The molecule has 1 fully saturated rings. The van der Waals surface area contributed by atoms with Crippen LogP contribution in [0.15, 0.2) is 48.6 Å². The molecule has 2 heterocycles. The lowest BCUT2D eigenvalue weighted by molar-refractivity contribution is -0.135. The minimum Gasteiger partial charge on any atom is -0.462 e. The van der Waals surface area contributed by atoms with Crippen molar-refractivity contribution in [2.24, 2.45) is 0 Å². The summed E-state index contributed by atoms with van der Waals surface area (Å²) in [5.74, 6) is -0.293. The number of cyclic esters (lactones) is 1. The van der Waals surface area contributed by atoms with Crippen LogP contribution in [0.5, 0.6) is 0 Å². The molecule has 20 heavy (non-hydrogen) atoms. The number of esters is 1. The normalized spacial score (nSPS) is 16.6. The fraction of sp³-hybridized carbons (Fsp3) is 0.133. The van der Waals surface area contributed by atoms with Crippen LogP contribution in [0.25, 0.3) is 5.70 Å². The van der Waals surface area contributed by atoms with Gasteiger partial charge in [-0.05, 0) is 17.7 Å². The first kappa shape index (κ1) is 12.2. The van der Waals surface area contributed by atoms with Gasteiger partial charge in [0.25, 0.3) is 0 Å². The molecule has 5 heteroatoms. The number of nitrogens with zero attached hydrogens (tertiary/aromatic N) is 3. The van der Waals surface area contributed by atoms with Gasteiger partial charge >= 0.3 is 5.97 Å². The second-order valence-corrected chi connectivity index (χ2v) is 4.37. The SMILES string of the molecule is N#Cc1ccc(C(=C2CCOC2=O)n2ccnc2)cc1. The lowest BCUT2D eigenvalue weighted by atomic mass is 10.0. The highest BCUT2D eigenvalue weighted by atomic mass is 16.5. The third-order valence-corrected chi connectivity index (χ3v) is 3.17. The smallest absolute Gasteiger partial charge is 0.336 e. The molecule has 1 aromatic carbocycles. The van der Waals surface area contributed by atoms with Crippen molar-refractivity contribution in [2.75, 3.05) is 6.61 Å². The zero-order valence-electron chi connectivity index (χ0n) is 10.6. The fourth-order valence-corrected chi connectivity index (χ4v) is 2.22. The Balaban J connectivity index is 2.16. The number of rotatable bonds is 2. The van der Waals surface area contributed by atoms with Crippen LogP contribution in [-0.4, -0.2) is 22.1 Å². The molecule has 0 aliphatic carbocycles. The van der Waals surface area contributed by atoms with Gasteiger partial charge in [-0.3, -0.25) is 0 Å². The van der Waals surface area contributed by atoms with Crippen molar-refractivity contribution in [3.63, 3.8) is 0 Å². The third-order valence-electron chi connectivity index (χ3n) is 3.17. The minimum atomic E-state index is -0.293. The summed E-state index contributed by atoms with van der Waals surface area (Å²) in [5, 5.41) is 8.85. The molecule has 3 rings (SSSR count). The Kier molecular flexibility index (Phi) is 3.05. The number of aromatic nitrogens is 2. The molecule has 1 aromatic heterocycles. The Hall–Kier alpha value is -2.87. The van der Waals surface area contributed by atoms with Crippen LogP contribution in [0.2, 0.25) is 0 Å². The van der Waals surface area contributed by atoms with Gasteiger partial charge in [0.2, 0.25) is 0 Å². The van der Waals surface area contributed by atoms with Crippen molar-refractivity contribution in [3.8, 4) is 6.07 Å². The van der Waals surface area contributed by atoms with Crippen LogP contribution in [0, 0.1) is 11.3 Å². The van der Waals surface area contributed by atoms with Gasteiger partial charge in [0.1, 0.15) is 0 Å². The average Bonchev–Trinajstić information content (AvgIpc) is 3.13. The van der Waals surface area contributed by atoms with E-state index in [0.29, 0.717) is 24.2 Å². The van der Waals surface area contributed by atoms with Crippen LogP contribution >= 0.6 is 0 Å². The van der Waals surface area contributed by atoms with E-state index in [-0.39, 0.29) is 5.97 Å². The zero-order chi connectivity index (χ0) is 13.9. The van der Waals surface area contributed by atoms with Crippen LogP contribution < -0.4 is 0 Å². The van der Waals surface area contributed by atoms with Crippen molar-refractivity contribution >= 4 is 11.7 Å². The largest absolute Gasteiger partial charge is 0.462 e. The van der Waals surface area contributed by atoms with E-state index in [9.17, 15) is 4.79 Å². The first-order chi connectivity index (χ1) is 9.79. The van der Waals surface area contributed by atoms with Gasteiger partial charge < -0.3 is 9.30 Å². The molecule has 0 bridgehead atoms. The van der Waals surface area contributed by atoms with Gasteiger partial charge in [0.05, 0.1) is 35.8 Å². The highest BCUT2D eigenvalue weighted by molar-refractivity contribution is 5.99. The summed E-state index contributed by atoms with van der Waals surface area (Å²) >= 11 is 0. The topological polar surface area (TPSA) is 67.9 Å². The van der Waals surface area contributed by atoms with Crippen molar-refractivity contribution in [1.29, 1.82) is 5.26 Å². The number of hydrogen-bond donors (Lipinski definition) is 0. The monoisotopic (exact) mass is 265 g/mol. The highest BCUT2D eigenvalue weighted by Gasteiger charge is 2.24. The Morgan fingerprint density at radius 3 is 2.70 bits per heavy atom. The average molecular weight is 265 g/mol. The zero-order valence-corrected chi connectivity index (χ0v) is 10.6. The minimum absolute atomic E-state index is 0.293. The van der Waals surface area contributed by atoms with Crippen LogP contribution in [0.1, 0.15) is 17.5 Å². The quantitative estimate of drug-likeness (QED) is 0.615. The predicted octanol–water partition coefficient (Wildman–Crippen LogP) is 1.96. The van der Waals surface area contributed by atoms with E-state index in [2.05, 4.69) is 11.1 Å². The Labute approximate surface area is 115 Å². The number of nitriles is 1. The fourth-order valence-electron chi connectivity index (χ4n) is 2.22. The van der Waals surface area contributed by atoms with Gasteiger partial charge in [-0.1, -0.05) is 12.1 Å². The molecular weight excluding hydrogens is 254 g/mol. The van der Waals surface area contributed by atoms with E-state index in [0.717, 1.165) is 11.3 Å². The van der Waals surface area contributed by atoms with E-state index >= 15 is 0 Å². The van der Waals surface area contributed by atoms with E-state index < -0.39 is 0 Å². The highest BCUT2D eigenvalue weighted by Crippen LogP contribution is 2.27. The number of imidazole rings is 1. The number of hydrogen-bond acceptors (Lipinski definition) is 4. The van der Waals surface area contributed by atoms with Crippen molar-refractivity contribution < 1.29 is 9.53 Å². The van der Waals surface area contributed by atoms with Crippen molar-refractivity contribution in [3.05, 3.63) is 59.7 Å². The van der Waals surface area contributed by atoms with Gasteiger partial charge in [-0.15, -0.1) is 0 Å². The summed E-state index contributed by atoms with van der Waals surface area (Å²) < 4.78 is 6.82. The molecule has 5 nitrogen and oxygen atoms in total. The molecule has 1 aliphatic rings. The summed E-state index contributed by atoms with van der Waals surface area (Å²) in [6.07, 6.45) is 5.66. The maximum absolute atomic E-state index is 11.8. The number of ether oxygens (including phenoxy) is 1. The molecule has 0 N–H and O–H groups in total. The summed E-state index contributed by atoms with van der Waals surface area (Å²) in [5.41, 5.74) is 2.83. The number of benzene rings is 1. The molecule has 0 saturated carbocycles. The Morgan fingerprint density at radius 1 is 1.35 bits per heavy atom. The van der Waals surface area contributed by atoms with E-state index in [1.165, 1.54) is 0 Å². The molecule has 1 saturated heterocycles. The maximum atomic E-state index is 11.8. The standard InChI is InChI=1S/C15H11N3O2/c16-9-11-1-3-12(4-2-11)14(18-7-6-17-10-18)13-5-8-20-15(13)19/h1-4,6-7,10H,5,8H2. The molecule has 1 aliphatic heterocycles. The molecule has 0 radical (unpaired) electrons. The molecular formula is C15H11N3O2. The van der Waals surface area contributed by atoms with E-state index in [1.54, 1.807) is 35.4 Å². The molecule has 0 atom stereocenters. The van der Waals surface area contributed by atoms with Crippen LogP contribution in [-0.2, 0) is 9.53 Å². The van der Waals surface area contributed by atoms with Crippen LogP contribution in [0.3, 0.4) is 0 Å². The van der Waals surface area contributed by atoms with Crippen molar-refractivity contribution in [2.45, 2.75) is 6.42 Å².